The van der Waals surface area contributed by atoms with Crippen molar-refractivity contribution in [2.75, 3.05) is 6.61 Å². The Bertz CT molecular complexity index is 298. The van der Waals surface area contributed by atoms with Gasteiger partial charge in [0.2, 0.25) is 0 Å². The van der Waals surface area contributed by atoms with Gasteiger partial charge >= 0.3 is 5.97 Å². The average Bonchev–Trinajstić information content (AvgIpc) is 2.28. The van der Waals surface area contributed by atoms with Crippen LogP contribution in [0.3, 0.4) is 0 Å². The highest BCUT2D eigenvalue weighted by Crippen LogP contribution is 2.06. The van der Waals surface area contributed by atoms with Crippen LogP contribution < -0.4 is 0 Å². The van der Waals surface area contributed by atoms with Gasteiger partial charge in [0.05, 0.1) is 6.61 Å². The smallest absolute Gasteiger partial charge is 0.352 e. The second kappa shape index (κ2) is 9.71. The van der Waals surface area contributed by atoms with Gasteiger partial charge in [-0.3, -0.25) is 0 Å². The lowest BCUT2D eigenvalue weighted by Crippen LogP contribution is -2.09. The third-order valence-corrected chi connectivity index (χ3v) is 2.41. The molecular weight excluding hydrogens is 218 g/mol. The maximum absolute atomic E-state index is 11.3. The van der Waals surface area contributed by atoms with Crippen LogP contribution in [0.1, 0.15) is 52.4 Å². The summed E-state index contributed by atoms with van der Waals surface area (Å²) in [6, 6.07) is 1.63. The highest BCUT2D eigenvalue weighted by molar-refractivity contribution is 5.93. The first-order chi connectivity index (χ1) is 8.13. The van der Waals surface area contributed by atoms with E-state index in [1.807, 2.05) is 0 Å². The van der Waals surface area contributed by atoms with E-state index < -0.39 is 5.97 Å². The van der Waals surface area contributed by atoms with E-state index in [4.69, 9.17) is 15.1 Å². The third kappa shape index (κ3) is 7.40. The summed E-state index contributed by atoms with van der Waals surface area (Å²) >= 11 is 0. The van der Waals surface area contributed by atoms with E-state index in [0.717, 1.165) is 19.3 Å². The van der Waals surface area contributed by atoms with Crippen LogP contribution in [0.4, 0.5) is 0 Å². The van der Waals surface area contributed by atoms with Crippen molar-refractivity contribution in [1.82, 2.24) is 0 Å². The largest absolute Gasteiger partial charge is 0.511 e. The average molecular weight is 239 g/mol. The van der Waals surface area contributed by atoms with Crippen LogP contribution in [0, 0.1) is 11.3 Å². The first kappa shape index (κ1) is 15.5. The predicted molar refractivity (Wildman–Crippen MR) is 65.3 cm³/mol. The first-order valence-electron chi connectivity index (χ1n) is 6.10. The van der Waals surface area contributed by atoms with Gasteiger partial charge < -0.3 is 9.84 Å². The van der Waals surface area contributed by atoms with Crippen molar-refractivity contribution < 1.29 is 14.6 Å². The van der Waals surface area contributed by atoms with E-state index >= 15 is 0 Å². The van der Waals surface area contributed by atoms with Crippen LogP contribution in [0.5, 0.6) is 0 Å². The number of esters is 1. The Morgan fingerprint density at radius 2 is 1.82 bits per heavy atom. The molecule has 17 heavy (non-hydrogen) atoms. The topological polar surface area (TPSA) is 70.3 Å². The lowest BCUT2D eigenvalue weighted by Gasteiger charge is -2.04. The molecule has 0 rings (SSSR count). The van der Waals surface area contributed by atoms with Crippen LogP contribution in [0.15, 0.2) is 11.3 Å². The van der Waals surface area contributed by atoms with Gasteiger partial charge in [0.25, 0.3) is 0 Å². The summed E-state index contributed by atoms with van der Waals surface area (Å²) < 4.78 is 4.88. The normalized spacial score (nSPS) is 11.6. The lowest BCUT2D eigenvalue weighted by molar-refractivity contribution is -0.138. The van der Waals surface area contributed by atoms with Crippen molar-refractivity contribution in [3.05, 3.63) is 11.3 Å². The molecule has 0 aliphatic rings. The molecule has 4 nitrogen and oxygen atoms in total. The predicted octanol–water partition coefficient (Wildman–Crippen LogP) is 3.25. The molecule has 96 valence electrons. The SMILES string of the molecule is CCCCCCCCOC(=O)/C(C#N)=C(/C)O. The van der Waals surface area contributed by atoms with Crippen molar-refractivity contribution >= 4 is 5.97 Å². The number of hydrogen-bond donors (Lipinski definition) is 1. The van der Waals surface area contributed by atoms with E-state index in [-0.39, 0.29) is 11.3 Å². The Labute approximate surface area is 103 Å². The highest BCUT2D eigenvalue weighted by Gasteiger charge is 2.13. The van der Waals surface area contributed by atoms with Gasteiger partial charge in [0, 0.05) is 0 Å². The standard InChI is InChI=1S/C13H21NO3/c1-3-4-5-6-7-8-9-17-13(16)12(10-14)11(2)15/h15H,3-9H2,1-2H3/b12-11-. The number of allylic oxidation sites excluding steroid dienone is 1. The molecule has 0 aromatic carbocycles. The molecule has 0 aliphatic heterocycles. The molecule has 0 aromatic heterocycles. The minimum Gasteiger partial charge on any atom is -0.511 e. The molecule has 0 aromatic rings. The van der Waals surface area contributed by atoms with Crippen molar-refractivity contribution in [3.8, 4) is 6.07 Å². The number of carbonyl (C=O) groups is 1. The van der Waals surface area contributed by atoms with E-state index in [1.54, 1.807) is 6.07 Å². The first-order valence-corrected chi connectivity index (χ1v) is 6.10. The number of ether oxygens (including phenoxy) is 1. The van der Waals surface area contributed by atoms with E-state index in [2.05, 4.69) is 6.92 Å². The van der Waals surface area contributed by atoms with Crippen LogP contribution >= 0.6 is 0 Å². The zero-order valence-corrected chi connectivity index (χ0v) is 10.7. The summed E-state index contributed by atoms with van der Waals surface area (Å²) in [6.45, 7) is 3.77. The molecular formula is C13H21NO3. The number of unbranched alkanes of at least 4 members (excludes halogenated alkanes) is 5. The summed E-state index contributed by atoms with van der Waals surface area (Å²) in [6.07, 6.45) is 6.64. The van der Waals surface area contributed by atoms with Crippen LogP contribution in [0.25, 0.3) is 0 Å². The molecule has 0 aliphatic carbocycles. The lowest BCUT2D eigenvalue weighted by atomic mass is 10.1. The minimum absolute atomic E-state index is 0.291. The maximum atomic E-state index is 11.3. The van der Waals surface area contributed by atoms with Crippen molar-refractivity contribution in [2.24, 2.45) is 0 Å². The molecule has 0 saturated carbocycles. The summed E-state index contributed by atoms with van der Waals surface area (Å²) in [5, 5.41) is 17.6. The molecule has 1 N–H and O–H groups in total. The molecule has 0 amide bonds. The van der Waals surface area contributed by atoms with Crippen LogP contribution in [-0.2, 0) is 9.53 Å². The zero-order valence-electron chi connectivity index (χ0n) is 10.7. The van der Waals surface area contributed by atoms with E-state index in [9.17, 15) is 4.79 Å². The second-order valence-corrected chi connectivity index (χ2v) is 3.98. The fourth-order valence-electron chi connectivity index (χ4n) is 1.39. The summed E-state index contributed by atoms with van der Waals surface area (Å²) in [5.41, 5.74) is -0.309. The van der Waals surface area contributed by atoms with Gasteiger partial charge in [0.1, 0.15) is 11.8 Å². The van der Waals surface area contributed by atoms with Crippen molar-refractivity contribution in [3.63, 3.8) is 0 Å². The van der Waals surface area contributed by atoms with Gasteiger partial charge in [0.15, 0.2) is 5.57 Å². The Kier molecular flexibility index (Phi) is 8.85. The molecule has 0 fully saturated rings. The fourth-order valence-corrected chi connectivity index (χ4v) is 1.39. The van der Waals surface area contributed by atoms with E-state index in [1.165, 1.54) is 26.2 Å². The quantitative estimate of drug-likeness (QED) is 0.232. The third-order valence-electron chi connectivity index (χ3n) is 2.41. The summed E-state index contributed by atoms with van der Waals surface area (Å²) in [7, 11) is 0. The second-order valence-electron chi connectivity index (χ2n) is 3.98. The van der Waals surface area contributed by atoms with Crippen LogP contribution in [-0.4, -0.2) is 17.7 Å². The monoisotopic (exact) mass is 239 g/mol. The number of nitriles is 1. The number of nitrogens with zero attached hydrogens (tertiary/aromatic N) is 1. The zero-order chi connectivity index (χ0) is 13.1. The van der Waals surface area contributed by atoms with Gasteiger partial charge in [-0.25, -0.2) is 4.79 Å². The molecule has 0 bridgehead atoms. The molecule has 0 radical (unpaired) electrons. The summed E-state index contributed by atoms with van der Waals surface area (Å²) in [4.78, 5) is 11.3. The number of aliphatic hydroxyl groups excluding tert-OH is 1. The Balaban J connectivity index is 3.66. The summed E-state index contributed by atoms with van der Waals surface area (Å²) in [5.74, 6) is -1.03. The Morgan fingerprint density at radius 1 is 1.24 bits per heavy atom. The Morgan fingerprint density at radius 3 is 2.35 bits per heavy atom. The Hall–Kier alpha value is -1.50. The molecule has 0 atom stereocenters. The van der Waals surface area contributed by atoms with E-state index in [0.29, 0.717) is 6.61 Å². The van der Waals surface area contributed by atoms with Gasteiger partial charge in [-0.2, -0.15) is 5.26 Å². The minimum atomic E-state index is -0.735. The number of hydrogen-bond acceptors (Lipinski definition) is 4. The molecule has 0 heterocycles. The highest BCUT2D eigenvalue weighted by atomic mass is 16.5. The van der Waals surface area contributed by atoms with Gasteiger partial charge in [-0.05, 0) is 13.3 Å². The molecule has 0 unspecified atom stereocenters. The number of rotatable bonds is 8. The van der Waals surface area contributed by atoms with Crippen LogP contribution in [0.2, 0.25) is 0 Å². The van der Waals surface area contributed by atoms with Gasteiger partial charge in [-0.1, -0.05) is 39.0 Å². The van der Waals surface area contributed by atoms with Crippen molar-refractivity contribution in [2.45, 2.75) is 52.4 Å². The fraction of sp³-hybridized carbons (Fsp3) is 0.692. The van der Waals surface area contributed by atoms with Gasteiger partial charge in [-0.15, -0.1) is 0 Å². The molecule has 4 heteroatoms. The number of carbonyl (C=O) groups excluding carboxylic acids is 1. The van der Waals surface area contributed by atoms with Crippen molar-refractivity contribution in [1.29, 1.82) is 5.26 Å². The molecule has 0 saturated heterocycles. The molecule has 0 spiro atoms. The maximum Gasteiger partial charge on any atom is 0.352 e. The number of aliphatic hydroxyl groups is 1.